The van der Waals surface area contributed by atoms with Crippen LogP contribution in [0.4, 0.5) is 11.5 Å². The zero-order chi connectivity index (χ0) is 13.7. The monoisotopic (exact) mass is 252 g/mol. The van der Waals surface area contributed by atoms with Crippen molar-refractivity contribution in [3.05, 3.63) is 27.9 Å². The van der Waals surface area contributed by atoms with Crippen LogP contribution in [0, 0.1) is 17.0 Å². The molecule has 0 fully saturated rings. The van der Waals surface area contributed by atoms with Crippen LogP contribution in [0.5, 0.6) is 0 Å². The Hall–Kier alpha value is -2.18. The first kappa shape index (κ1) is 13.9. The largest absolute Gasteiger partial charge is 0.369 e. The molecule has 18 heavy (non-hydrogen) atoms. The second kappa shape index (κ2) is 5.95. The van der Waals surface area contributed by atoms with Gasteiger partial charge in [0.05, 0.1) is 4.92 Å². The number of nitrogens with one attached hydrogen (secondary N) is 1. The van der Waals surface area contributed by atoms with Crippen LogP contribution in [0.15, 0.2) is 12.3 Å². The predicted molar refractivity (Wildman–Crippen MR) is 67.4 cm³/mol. The number of aryl methyl sites for hydroxylation is 1. The first-order valence-corrected chi connectivity index (χ1v) is 5.47. The fourth-order valence-electron chi connectivity index (χ4n) is 1.36. The molecule has 0 aromatic carbocycles. The average Bonchev–Trinajstić information content (AvgIpc) is 2.30. The fraction of sp³-hybridized carbons (Fsp3) is 0.455. The minimum atomic E-state index is -0.487. The highest BCUT2D eigenvalue weighted by Gasteiger charge is 2.09. The maximum absolute atomic E-state index is 11.3. The van der Waals surface area contributed by atoms with Crippen molar-refractivity contribution in [3.63, 3.8) is 0 Å². The molecule has 0 radical (unpaired) electrons. The van der Waals surface area contributed by atoms with E-state index in [-0.39, 0.29) is 11.6 Å². The van der Waals surface area contributed by atoms with Gasteiger partial charge in [0, 0.05) is 33.1 Å². The van der Waals surface area contributed by atoms with E-state index < -0.39 is 4.92 Å². The lowest BCUT2D eigenvalue weighted by Crippen LogP contribution is -2.24. The van der Waals surface area contributed by atoms with Crippen molar-refractivity contribution in [1.82, 2.24) is 9.88 Å². The molecule has 1 N–H and O–H groups in total. The molecule has 1 heterocycles. The Morgan fingerprint density at radius 2 is 2.22 bits per heavy atom. The summed E-state index contributed by atoms with van der Waals surface area (Å²) in [6, 6.07) is 1.45. The number of nitro groups is 1. The minimum Gasteiger partial charge on any atom is -0.369 e. The second-order valence-corrected chi connectivity index (χ2v) is 4.08. The van der Waals surface area contributed by atoms with Gasteiger partial charge in [0.25, 0.3) is 5.69 Å². The van der Waals surface area contributed by atoms with Gasteiger partial charge in [-0.05, 0) is 12.5 Å². The lowest BCUT2D eigenvalue weighted by atomic mass is 10.2. The van der Waals surface area contributed by atoms with E-state index in [1.165, 1.54) is 17.2 Å². The average molecular weight is 252 g/mol. The van der Waals surface area contributed by atoms with Gasteiger partial charge >= 0.3 is 0 Å². The summed E-state index contributed by atoms with van der Waals surface area (Å²) in [7, 11) is 3.38. The van der Waals surface area contributed by atoms with Crippen molar-refractivity contribution >= 4 is 17.4 Å². The van der Waals surface area contributed by atoms with Gasteiger partial charge in [-0.25, -0.2) is 4.98 Å². The third kappa shape index (κ3) is 3.69. The van der Waals surface area contributed by atoms with Gasteiger partial charge in [0.15, 0.2) is 0 Å². The third-order valence-corrected chi connectivity index (χ3v) is 2.40. The molecule has 0 aliphatic rings. The summed E-state index contributed by atoms with van der Waals surface area (Å²) in [6.45, 7) is 2.18. The van der Waals surface area contributed by atoms with Crippen LogP contribution in [0.2, 0.25) is 0 Å². The maximum atomic E-state index is 11.3. The summed E-state index contributed by atoms with van der Waals surface area (Å²) in [5.74, 6) is 0.578. The molecule has 0 aliphatic heterocycles. The standard InChI is InChI=1S/C11H16N4O3/c1-8-6-9(15(17)18)7-13-11(8)12-5-4-10(16)14(2)3/h6-7H,4-5H2,1-3H3,(H,12,13). The van der Waals surface area contributed by atoms with Crippen LogP contribution in [0.3, 0.4) is 0 Å². The van der Waals surface area contributed by atoms with E-state index in [9.17, 15) is 14.9 Å². The summed E-state index contributed by atoms with van der Waals surface area (Å²) in [5.41, 5.74) is 0.643. The Kier molecular flexibility index (Phi) is 4.59. The molecule has 0 bridgehead atoms. The zero-order valence-corrected chi connectivity index (χ0v) is 10.6. The SMILES string of the molecule is Cc1cc([N+](=O)[O-])cnc1NCCC(=O)N(C)C. The quantitative estimate of drug-likeness (QED) is 0.628. The molecular formula is C11H16N4O3. The number of nitrogens with zero attached hydrogens (tertiary/aromatic N) is 3. The number of pyridine rings is 1. The van der Waals surface area contributed by atoms with E-state index >= 15 is 0 Å². The number of hydrogen-bond acceptors (Lipinski definition) is 5. The smallest absolute Gasteiger partial charge is 0.287 e. The molecule has 98 valence electrons. The molecule has 7 nitrogen and oxygen atoms in total. The lowest BCUT2D eigenvalue weighted by molar-refractivity contribution is -0.385. The number of hydrogen-bond donors (Lipinski definition) is 1. The molecule has 0 saturated heterocycles. The first-order valence-electron chi connectivity index (χ1n) is 5.47. The Balaban J connectivity index is 2.58. The van der Waals surface area contributed by atoms with E-state index in [0.29, 0.717) is 24.3 Å². The lowest BCUT2D eigenvalue weighted by Gasteiger charge is -2.11. The third-order valence-electron chi connectivity index (χ3n) is 2.40. The molecule has 0 saturated carbocycles. The number of rotatable bonds is 5. The summed E-state index contributed by atoms with van der Waals surface area (Å²) in [5, 5.41) is 13.5. The Bertz CT molecular complexity index is 460. The number of amides is 1. The van der Waals surface area contributed by atoms with Crippen molar-refractivity contribution in [1.29, 1.82) is 0 Å². The van der Waals surface area contributed by atoms with Gasteiger partial charge in [0.2, 0.25) is 5.91 Å². The highest BCUT2D eigenvalue weighted by molar-refractivity contribution is 5.76. The molecule has 0 atom stereocenters. The van der Waals surface area contributed by atoms with Crippen molar-refractivity contribution in [2.24, 2.45) is 0 Å². The topological polar surface area (TPSA) is 88.4 Å². The van der Waals surface area contributed by atoms with Crippen molar-refractivity contribution in [2.75, 3.05) is 26.0 Å². The van der Waals surface area contributed by atoms with Crippen LogP contribution in [-0.4, -0.2) is 41.4 Å². The minimum absolute atomic E-state index is 0.0158. The van der Waals surface area contributed by atoms with Gasteiger partial charge in [0.1, 0.15) is 12.0 Å². The number of anilines is 1. The number of carbonyl (C=O) groups excluding carboxylic acids is 1. The molecule has 1 aromatic rings. The maximum Gasteiger partial charge on any atom is 0.287 e. The van der Waals surface area contributed by atoms with Crippen LogP contribution >= 0.6 is 0 Å². The summed E-state index contributed by atoms with van der Waals surface area (Å²) < 4.78 is 0. The second-order valence-electron chi connectivity index (χ2n) is 4.08. The molecule has 0 unspecified atom stereocenters. The van der Waals surface area contributed by atoms with Crippen LogP contribution in [-0.2, 0) is 4.79 Å². The molecular weight excluding hydrogens is 236 g/mol. The number of carbonyl (C=O) groups is 1. The molecule has 7 heteroatoms. The molecule has 0 aliphatic carbocycles. The molecule has 1 aromatic heterocycles. The summed E-state index contributed by atoms with van der Waals surface area (Å²) in [6.07, 6.45) is 1.55. The van der Waals surface area contributed by atoms with E-state index in [2.05, 4.69) is 10.3 Å². The van der Waals surface area contributed by atoms with Gasteiger partial charge in [-0.3, -0.25) is 14.9 Å². The van der Waals surface area contributed by atoms with E-state index in [4.69, 9.17) is 0 Å². The van der Waals surface area contributed by atoms with Gasteiger partial charge in [-0.15, -0.1) is 0 Å². The van der Waals surface area contributed by atoms with Crippen LogP contribution < -0.4 is 5.32 Å². The van der Waals surface area contributed by atoms with Crippen molar-refractivity contribution in [3.8, 4) is 0 Å². The fourth-order valence-corrected chi connectivity index (χ4v) is 1.36. The molecule has 0 spiro atoms. The van der Waals surface area contributed by atoms with Crippen molar-refractivity contribution in [2.45, 2.75) is 13.3 Å². The molecule has 1 rings (SSSR count). The highest BCUT2D eigenvalue weighted by atomic mass is 16.6. The number of aromatic nitrogens is 1. The van der Waals surface area contributed by atoms with Gasteiger partial charge < -0.3 is 10.2 Å². The molecule has 1 amide bonds. The van der Waals surface area contributed by atoms with E-state index in [0.717, 1.165) is 0 Å². The summed E-state index contributed by atoms with van der Waals surface area (Å²) >= 11 is 0. The van der Waals surface area contributed by atoms with E-state index in [1.807, 2.05) is 0 Å². The Morgan fingerprint density at radius 1 is 1.56 bits per heavy atom. The predicted octanol–water partition coefficient (Wildman–Crippen LogP) is 1.19. The van der Waals surface area contributed by atoms with Crippen LogP contribution in [0.1, 0.15) is 12.0 Å². The highest BCUT2D eigenvalue weighted by Crippen LogP contribution is 2.17. The Labute approximate surface area is 105 Å². The van der Waals surface area contributed by atoms with Gasteiger partial charge in [-0.1, -0.05) is 0 Å². The normalized spacial score (nSPS) is 9.94. The zero-order valence-electron chi connectivity index (χ0n) is 10.6. The van der Waals surface area contributed by atoms with Crippen LogP contribution in [0.25, 0.3) is 0 Å². The van der Waals surface area contributed by atoms with Gasteiger partial charge in [-0.2, -0.15) is 0 Å². The Morgan fingerprint density at radius 3 is 2.72 bits per heavy atom. The first-order chi connectivity index (χ1) is 8.41. The van der Waals surface area contributed by atoms with E-state index in [1.54, 1.807) is 21.0 Å². The summed E-state index contributed by atoms with van der Waals surface area (Å²) in [4.78, 5) is 26.9. The van der Waals surface area contributed by atoms with Crippen molar-refractivity contribution < 1.29 is 9.72 Å².